The number of nitrogens with zero attached hydrogens (tertiary/aromatic N) is 1. The molecule has 1 aromatic heterocycles. The molecule has 232 valence electrons. The molecule has 48 heavy (non-hydrogen) atoms. The predicted octanol–water partition coefficient (Wildman–Crippen LogP) is 13.4. The van der Waals surface area contributed by atoms with Crippen molar-refractivity contribution < 1.29 is 8.39 Å². The third-order valence-corrected chi connectivity index (χ3v) is 11.7. The summed E-state index contributed by atoms with van der Waals surface area (Å²) in [5, 5.41) is 11.8. The molecule has 0 radical (unpaired) electrons. The second-order valence-electron chi connectivity index (χ2n) is 12.7. The van der Waals surface area contributed by atoms with Gasteiger partial charge in [0.2, 0.25) is 0 Å². The predicted molar refractivity (Wildman–Crippen MR) is 204 cm³/mol. The van der Waals surface area contributed by atoms with E-state index in [2.05, 4.69) is 176 Å². The second-order valence-corrected chi connectivity index (χ2v) is 14.0. The van der Waals surface area contributed by atoms with Crippen LogP contribution in [0.15, 0.2) is 166 Å². The molecule has 0 fully saturated rings. The summed E-state index contributed by atoms with van der Waals surface area (Å²) < 4.78 is 16.8. The fraction of sp³-hybridized carbons (Fsp3) is 0.0909. The summed E-state index contributed by atoms with van der Waals surface area (Å²) in [6.45, 7) is 4.56. The Bertz CT molecular complexity index is 2510. The van der Waals surface area contributed by atoms with Crippen molar-refractivity contribution >= 4 is 73.2 Å². The van der Waals surface area contributed by atoms with Crippen LogP contribution in [0.4, 0.5) is 0 Å². The monoisotopic (exact) mass is 639 g/mol. The smallest absolute Gasteiger partial charge is 0.310 e. The highest BCUT2D eigenvalue weighted by Crippen LogP contribution is 2.48. The maximum Gasteiger partial charge on any atom is 0.310 e. The molecule has 0 aliphatic carbocycles. The van der Waals surface area contributed by atoms with Gasteiger partial charge < -0.3 is 8.39 Å². The molecule has 0 aliphatic rings. The fourth-order valence-electron chi connectivity index (χ4n) is 7.31. The molecule has 1 heterocycles. The topological polar surface area (TPSA) is 29.5 Å². The summed E-state index contributed by atoms with van der Waals surface area (Å²) in [7, 11) is -1.62. The maximum atomic E-state index is 7.19. The first-order chi connectivity index (χ1) is 23.6. The Morgan fingerprint density at radius 1 is 0.417 bits per heavy atom. The van der Waals surface area contributed by atoms with Crippen LogP contribution in [0.3, 0.4) is 0 Å². The standard InChI is InChI=1S/C44H34NO2P/c1-29(35-21-19-31-11-3-5-15-37(31)27-35)45(30(2)36-22-20-32-12-4-6-16-38(32)28-36)48-46-41-25-23-33-13-7-9-17-39(33)43(41)44-40-18-10-8-14-34(40)24-26-42(44)47-48/h3-30H,1-2H3. The summed E-state index contributed by atoms with van der Waals surface area (Å²) in [6, 6.07) is 56.4. The third kappa shape index (κ3) is 4.86. The van der Waals surface area contributed by atoms with Crippen molar-refractivity contribution in [2.75, 3.05) is 4.67 Å². The van der Waals surface area contributed by atoms with Crippen molar-refractivity contribution in [3.05, 3.63) is 169 Å². The first kappa shape index (κ1) is 28.8. The van der Waals surface area contributed by atoms with Gasteiger partial charge in [-0.2, -0.15) is 4.67 Å². The molecular weight excluding hydrogens is 605 g/mol. The van der Waals surface area contributed by atoms with Gasteiger partial charge in [-0.3, -0.25) is 0 Å². The summed E-state index contributed by atoms with van der Waals surface area (Å²) >= 11 is 0. The first-order valence-corrected chi connectivity index (χ1v) is 17.7. The Morgan fingerprint density at radius 3 is 1.25 bits per heavy atom. The number of hydrogen-bond donors (Lipinski definition) is 0. The van der Waals surface area contributed by atoms with E-state index in [0.717, 1.165) is 32.7 Å². The molecule has 0 spiro atoms. The molecule has 2 unspecified atom stereocenters. The zero-order chi connectivity index (χ0) is 32.2. The van der Waals surface area contributed by atoms with Gasteiger partial charge in [0.1, 0.15) is 11.2 Å². The number of rotatable bonds is 5. The Kier molecular flexibility index (Phi) is 7.04. The SMILES string of the molecule is CC(c1ccc2ccccc2c1)N(C(C)c1ccc2ccccc2c1)p1oc2ccc3ccccc3c2c2c(ccc3ccccc32)o1. The fourth-order valence-corrected chi connectivity index (χ4v) is 9.01. The van der Waals surface area contributed by atoms with Gasteiger partial charge >= 0.3 is 8.16 Å². The van der Waals surface area contributed by atoms with Crippen molar-refractivity contribution in [1.29, 1.82) is 0 Å². The van der Waals surface area contributed by atoms with E-state index in [9.17, 15) is 0 Å². The van der Waals surface area contributed by atoms with Crippen LogP contribution < -0.4 is 4.67 Å². The maximum absolute atomic E-state index is 7.19. The van der Waals surface area contributed by atoms with Crippen LogP contribution in [0.2, 0.25) is 0 Å². The van der Waals surface area contributed by atoms with E-state index in [1.807, 2.05) is 0 Å². The number of benzene rings is 8. The minimum absolute atomic E-state index is 0.0203. The van der Waals surface area contributed by atoms with Gasteiger partial charge in [0, 0.05) is 22.9 Å². The van der Waals surface area contributed by atoms with Crippen molar-refractivity contribution in [2.45, 2.75) is 25.9 Å². The molecule has 9 aromatic rings. The highest BCUT2D eigenvalue weighted by molar-refractivity contribution is 7.39. The van der Waals surface area contributed by atoms with Gasteiger partial charge in [-0.1, -0.05) is 133 Å². The van der Waals surface area contributed by atoms with E-state index in [4.69, 9.17) is 8.39 Å². The largest absolute Gasteiger partial charge is 0.408 e. The van der Waals surface area contributed by atoms with Gasteiger partial charge in [0.25, 0.3) is 0 Å². The van der Waals surface area contributed by atoms with Crippen LogP contribution in [-0.4, -0.2) is 0 Å². The molecule has 0 saturated heterocycles. The van der Waals surface area contributed by atoms with Crippen molar-refractivity contribution in [1.82, 2.24) is 0 Å². The highest BCUT2D eigenvalue weighted by atomic mass is 31.1. The molecule has 4 heteroatoms. The molecule has 9 rings (SSSR count). The van der Waals surface area contributed by atoms with E-state index < -0.39 is 8.16 Å². The molecule has 0 aliphatic heterocycles. The summed E-state index contributed by atoms with van der Waals surface area (Å²) in [5.74, 6) is 0. The van der Waals surface area contributed by atoms with Crippen LogP contribution in [0.5, 0.6) is 0 Å². The van der Waals surface area contributed by atoms with E-state index in [1.165, 1.54) is 43.4 Å². The van der Waals surface area contributed by atoms with E-state index in [1.54, 1.807) is 0 Å². The normalized spacial score (nSPS) is 13.2. The minimum atomic E-state index is -1.62. The summed E-state index contributed by atoms with van der Waals surface area (Å²) in [5.41, 5.74) is 4.13. The van der Waals surface area contributed by atoms with E-state index >= 15 is 0 Å². The quantitative estimate of drug-likeness (QED) is 0.188. The Hall–Kier alpha value is -5.34. The van der Waals surface area contributed by atoms with Crippen LogP contribution in [-0.2, 0) is 0 Å². The van der Waals surface area contributed by atoms with Crippen molar-refractivity contribution in [2.24, 2.45) is 0 Å². The molecule has 0 bridgehead atoms. The van der Waals surface area contributed by atoms with Gasteiger partial charge in [0.05, 0.1) is 0 Å². The zero-order valence-corrected chi connectivity index (χ0v) is 27.8. The van der Waals surface area contributed by atoms with E-state index in [0.29, 0.717) is 0 Å². The average molecular weight is 640 g/mol. The number of hydrogen-bond acceptors (Lipinski definition) is 3. The van der Waals surface area contributed by atoms with Crippen LogP contribution >= 0.6 is 8.16 Å². The van der Waals surface area contributed by atoms with Crippen LogP contribution in [0.25, 0.3) is 65.0 Å². The molecule has 0 saturated carbocycles. The zero-order valence-electron chi connectivity index (χ0n) is 26.9. The van der Waals surface area contributed by atoms with E-state index in [-0.39, 0.29) is 12.1 Å². The first-order valence-electron chi connectivity index (χ1n) is 16.6. The van der Waals surface area contributed by atoms with Crippen molar-refractivity contribution in [3.8, 4) is 0 Å². The second kappa shape index (κ2) is 11.7. The lowest BCUT2D eigenvalue weighted by molar-refractivity contribution is 0.559. The third-order valence-electron chi connectivity index (χ3n) is 9.88. The minimum Gasteiger partial charge on any atom is -0.408 e. The van der Waals surface area contributed by atoms with Crippen molar-refractivity contribution in [3.63, 3.8) is 0 Å². The molecule has 0 N–H and O–H groups in total. The van der Waals surface area contributed by atoms with Crippen LogP contribution in [0.1, 0.15) is 37.1 Å². The average Bonchev–Trinajstić information content (AvgIpc) is 3.31. The lowest BCUT2D eigenvalue weighted by Gasteiger charge is -2.32. The number of fused-ring (bicyclic) bond motifs is 9. The van der Waals surface area contributed by atoms with Gasteiger partial charge in [0.15, 0.2) is 0 Å². The summed E-state index contributed by atoms with van der Waals surface area (Å²) in [6.07, 6.45) is 0. The van der Waals surface area contributed by atoms with Gasteiger partial charge in [-0.25, -0.2) is 0 Å². The Labute approximate surface area is 280 Å². The van der Waals surface area contributed by atoms with Gasteiger partial charge in [-0.15, -0.1) is 0 Å². The molecule has 8 aromatic carbocycles. The molecule has 2 atom stereocenters. The Morgan fingerprint density at radius 2 is 0.792 bits per heavy atom. The lowest BCUT2D eigenvalue weighted by Crippen LogP contribution is -2.27. The van der Waals surface area contributed by atoms with Gasteiger partial charge in [-0.05, 0) is 92.3 Å². The molecule has 3 nitrogen and oxygen atoms in total. The van der Waals surface area contributed by atoms with Crippen LogP contribution in [0, 0.1) is 0 Å². The molecular formula is C44H34NO2P. The highest BCUT2D eigenvalue weighted by Gasteiger charge is 2.30. The lowest BCUT2D eigenvalue weighted by atomic mass is 9.99. The Balaban J connectivity index is 1.35. The molecule has 0 amide bonds. The summed E-state index contributed by atoms with van der Waals surface area (Å²) in [4.78, 5) is 0.